The van der Waals surface area contributed by atoms with Gasteiger partial charge in [0.1, 0.15) is 17.6 Å². The van der Waals surface area contributed by atoms with E-state index in [0.29, 0.717) is 29.1 Å². The molecule has 0 aliphatic heterocycles. The van der Waals surface area contributed by atoms with E-state index in [2.05, 4.69) is 11.4 Å². The van der Waals surface area contributed by atoms with Gasteiger partial charge in [-0.1, -0.05) is 78.3 Å². The third kappa shape index (κ3) is 5.21. The third-order valence-corrected chi connectivity index (χ3v) is 7.99. The molecule has 1 amide bonds. The van der Waals surface area contributed by atoms with Gasteiger partial charge >= 0.3 is 5.97 Å². The molecule has 2 aromatic heterocycles. The van der Waals surface area contributed by atoms with E-state index in [0.717, 1.165) is 47.9 Å². The first-order valence-electron chi connectivity index (χ1n) is 14.0. The first-order chi connectivity index (χ1) is 20.4. The molecule has 0 saturated carbocycles. The quantitative estimate of drug-likeness (QED) is 0.198. The summed E-state index contributed by atoms with van der Waals surface area (Å²) in [6.07, 6.45) is 7.74. The van der Waals surface area contributed by atoms with E-state index in [4.69, 9.17) is 21.7 Å². The van der Waals surface area contributed by atoms with Crippen molar-refractivity contribution in [1.29, 1.82) is 0 Å². The zero-order valence-corrected chi connectivity index (χ0v) is 23.9. The fraction of sp³-hybridized carbons (Fsp3) is 0.212. The van der Waals surface area contributed by atoms with E-state index < -0.39 is 12.0 Å². The molecule has 1 aliphatic rings. The lowest BCUT2D eigenvalue weighted by Gasteiger charge is -2.25. The Morgan fingerprint density at radius 3 is 2.45 bits per heavy atom. The van der Waals surface area contributed by atoms with E-state index in [1.54, 1.807) is 13.1 Å². The van der Waals surface area contributed by atoms with Gasteiger partial charge in [0.2, 0.25) is 5.91 Å². The predicted octanol–water partition coefficient (Wildman–Crippen LogP) is 6.75. The van der Waals surface area contributed by atoms with Crippen molar-refractivity contribution in [2.75, 3.05) is 7.05 Å². The van der Waals surface area contributed by atoms with E-state index >= 15 is 0 Å². The molecule has 3 aromatic carbocycles. The summed E-state index contributed by atoms with van der Waals surface area (Å²) in [4.78, 5) is 30.8. The van der Waals surface area contributed by atoms with Crippen LogP contribution < -0.4 is 5.32 Å². The van der Waals surface area contributed by atoms with Crippen LogP contribution in [0.2, 0.25) is 5.02 Å². The molecule has 0 saturated heterocycles. The molecule has 9 heteroatoms. The van der Waals surface area contributed by atoms with Gasteiger partial charge in [-0.3, -0.25) is 9.48 Å². The van der Waals surface area contributed by atoms with Gasteiger partial charge in [0, 0.05) is 18.8 Å². The summed E-state index contributed by atoms with van der Waals surface area (Å²) in [7, 11) is 1.62. The number of aromatic nitrogens is 4. The Hall–Kier alpha value is -4.69. The van der Waals surface area contributed by atoms with Crippen LogP contribution in [0, 0.1) is 0 Å². The number of nitrogens with one attached hydrogen (secondary N) is 1. The summed E-state index contributed by atoms with van der Waals surface area (Å²) in [6.45, 7) is 0.542. The number of fused-ring (bicyclic) bond motifs is 1. The second-order valence-electron chi connectivity index (χ2n) is 10.4. The van der Waals surface area contributed by atoms with Crippen molar-refractivity contribution in [2.45, 2.75) is 38.3 Å². The van der Waals surface area contributed by atoms with Crippen LogP contribution >= 0.6 is 11.6 Å². The van der Waals surface area contributed by atoms with Crippen molar-refractivity contribution in [3.63, 3.8) is 0 Å². The van der Waals surface area contributed by atoms with Crippen LogP contribution in [0.4, 0.5) is 0 Å². The fourth-order valence-corrected chi connectivity index (χ4v) is 5.92. The van der Waals surface area contributed by atoms with Crippen LogP contribution in [0.15, 0.2) is 90.6 Å². The van der Waals surface area contributed by atoms with Crippen molar-refractivity contribution in [1.82, 2.24) is 24.6 Å². The molecule has 2 N–H and O–H groups in total. The number of carbonyl (C=O) groups excluding carboxylic acids is 1. The van der Waals surface area contributed by atoms with Crippen LogP contribution in [-0.4, -0.2) is 43.4 Å². The van der Waals surface area contributed by atoms with Gasteiger partial charge in [-0.05, 0) is 49.0 Å². The molecule has 1 aliphatic carbocycles. The monoisotopic (exact) mass is 579 g/mol. The van der Waals surface area contributed by atoms with Gasteiger partial charge in [0.05, 0.1) is 33.7 Å². The zero-order valence-electron chi connectivity index (χ0n) is 23.1. The third-order valence-electron chi connectivity index (χ3n) is 7.68. The van der Waals surface area contributed by atoms with Crippen molar-refractivity contribution in [3.8, 4) is 22.6 Å². The molecule has 212 valence electrons. The maximum atomic E-state index is 13.7. The van der Waals surface area contributed by atoms with Crippen LogP contribution in [0.25, 0.3) is 33.7 Å². The number of amides is 1. The fourth-order valence-electron chi connectivity index (χ4n) is 5.68. The van der Waals surface area contributed by atoms with Gasteiger partial charge in [0.15, 0.2) is 0 Å². The lowest BCUT2D eigenvalue weighted by atomic mass is 9.92. The minimum Gasteiger partial charge on any atom is -0.478 e. The molecular weight excluding hydrogens is 550 g/mol. The Morgan fingerprint density at radius 2 is 1.79 bits per heavy atom. The minimum absolute atomic E-state index is 0.0480. The number of likely N-dealkylation sites (N-methyl/N-ethyl adjacent to an activating group) is 1. The second-order valence-corrected chi connectivity index (χ2v) is 10.8. The number of rotatable bonds is 8. The molecule has 0 fully saturated rings. The van der Waals surface area contributed by atoms with Gasteiger partial charge < -0.3 is 15.0 Å². The van der Waals surface area contributed by atoms with E-state index in [1.165, 1.54) is 6.07 Å². The maximum Gasteiger partial charge on any atom is 0.337 e. The lowest BCUT2D eigenvalue weighted by molar-refractivity contribution is -0.122. The molecule has 0 bridgehead atoms. The maximum absolute atomic E-state index is 13.7. The van der Waals surface area contributed by atoms with Gasteiger partial charge in [-0.2, -0.15) is 5.10 Å². The minimum atomic E-state index is -1.15. The molecule has 1 atom stereocenters. The van der Waals surface area contributed by atoms with Crippen LogP contribution in [0.3, 0.4) is 0 Å². The second kappa shape index (κ2) is 11.7. The summed E-state index contributed by atoms with van der Waals surface area (Å²) >= 11 is 6.41. The van der Waals surface area contributed by atoms with Gasteiger partial charge in [-0.25, -0.2) is 9.78 Å². The number of aromatic carboxylic acids is 1. The normalized spacial score (nSPS) is 14.0. The largest absolute Gasteiger partial charge is 0.478 e. The number of imidazole rings is 1. The lowest BCUT2D eigenvalue weighted by Crippen LogP contribution is -2.32. The number of benzene rings is 3. The number of carbonyl (C=O) groups is 2. The molecule has 8 nitrogen and oxygen atoms in total. The topological polar surface area (TPSA) is 102 Å². The summed E-state index contributed by atoms with van der Waals surface area (Å²) in [5.41, 5.74) is 5.37. The van der Waals surface area contributed by atoms with Crippen molar-refractivity contribution in [2.24, 2.45) is 0 Å². The Balaban J connectivity index is 1.65. The van der Waals surface area contributed by atoms with Crippen molar-refractivity contribution in [3.05, 3.63) is 107 Å². The molecule has 5 aromatic rings. The van der Waals surface area contributed by atoms with Gasteiger partial charge in [0.25, 0.3) is 0 Å². The smallest absolute Gasteiger partial charge is 0.337 e. The highest BCUT2D eigenvalue weighted by Gasteiger charge is 2.32. The average molecular weight is 580 g/mol. The van der Waals surface area contributed by atoms with Crippen LogP contribution in [0.1, 0.15) is 47.6 Å². The predicted molar refractivity (Wildman–Crippen MR) is 164 cm³/mol. The van der Waals surface area contributed by atoms with Crippen LogP contribution in [0.5, 0.6) is 0 Å². The van der Waals surface area contributed by atoms with Crippen molar-refractivity contribution < 1.29 is 14.7 Å². The highest BCUT2D eigenvalue weighted by molar-refractivity contribution is 6.34. The molecule has 0 unspecified atom stereocenters. The summed E-state index contributed by atoms with van der Waals surface area (Å²) in [5, 5.41) is 17.8. The highest BCUT2D eigenvalue weighted by atomic mass is 35.5. The molecular formula is C33H30ClN5O3. The first-order valence-corrected chi connectivity index (χ1v) is 14.3. The standard InChI is InChI=1S/C33H30ClN5O3/c1-35-32(40)30(23-15-9-4-10-16-23)39-28-17-24(33(41)42)26(34)18-27(28)36-31(39)25-20-38(19-21-11-5-2-6-12-21)37-29(25)22-13-7-3-8-14-22/h2-3,5-8,11-15,17-18,20,30H,4,9-10,16,19H2,1H3,(H,35,40)(H,41,42)/t30-/m1/s1. The van der Waals surface area contributed by atoms with E-state index in [9.17, 15) is 14.7 Å². The Bertz CT molecular complexity index is 1810. The number of halogens is 1. The summed E-state index contributed by atoms with van der Waals surface area (Å²) in [5.74, 6) is -0.833. The molecule has 2 heterocycles. The summed E-state index contributed by atoms with van der Waals surface area (Å²) < 4.78 is 3.74. The number of allylic oxidation sites excluding steroid dienone is 1. The molecule has 0 radical (unpaired) electrons. The first kappa shape index (κ1) is 27.5. The number of hydrogen-bond acceptors (Lipinski definition) is 4. The number of hydrogen-bond donors (Lipinski definition) is 2. The average Bonchev–Trinajstić information content (AvgIpc) is 3.59. The van der Waals surface area contributed by atoms with Crippen LogP contribution in [-0.2, 0) is 11.3 Å². The molecule has 42 heavy (non-hydrogen) atoms. The number of carboxylic acids is 1. The highest BCUT2D eigenvalue weighted by Crippen LogP contribution is 2.39. The SMILES string of the molecule is CNC(=O)[C@@H](C1=CCCCC1)n1c(-c2cn(Cc3ccccc3)nc2-c2ccccc2)nc2cc(Cl)c(C(=O)O)cc21. The number of carboxylic acid groups (broad SMARTS) is 1. The molecule has 6 rings (SSSR count). The van der Waals surface area contributed by atoms with E-state index in [1.807, 2.05) is 76.1 Å². The summed E-state index contributed by atoms with van der Waals surface area (Å²) in [6, 6.07) is 22.3. The van der Waals surface area contributed by atoms with Crippen molar-refractivity contribution >= 4 is 34.5 Å². The Morgan fingerprint density at radius 1 is 1.05 bits per heavy atom. The zero-order chi connectivity index (χ0) is 29.2. The van der Waals surface area contributed by atoms with E-state index in [-0.39, 0.29) is 16.5 Å². The number of nitrogens with zero attached hydrogens (tertiary/aromatic N) is 4. The Kier molecular flexibility index (Phi) is 7.63. The van der Waals surface area contributed by atoms with Gasteiger partial charge in [-0.15, -0.1) is 0 Å². The Labute approximate surface area is 248 Å². The molecule has 0 spiro atoms.